The Bertz CT molecular complexity index is 824. The van der Waals surface area contributed by atoms with Crippen LogP contribution in [0.25, 0.3) is 16.9 Å². The minimum atomic E-state index is -0.452. The zero-order chi connectivity index (χ0) is 15.7. The molecule has 0 saturated heterocycles. The number of nitrogens with zero attached hydrogens (tertiary/aromatic N) is 3. The average Bonchev–Trinajstić information content (AvgIpc) is 2.90. The molecule has 3 aromatic rings. The van der Waals surface area contributed by atoms with E-state index >= 15 is 0 Å². The molecule has 0 aliphatic carbocycles. The highest BCUT2D eigenvalue weighted by Gasteiger charge is 2.07. The van der Waals surface area contributed by atoms with Gasteiger partial charge in [-0.25, -0.2) is 4.68 Å². The van der Waals surface area contributed by atoms with Gasteiger partial charge in [-0.2, -0.15) is 5.10 Å². The fourth-order valence-electron chi connectivity index (χ4n) is 2.00. The molecule has 5 nitrogen and oxygen atoms in total. The van der Waals surface area contributed by atoms with E-state index in [0.717, 1.165) is 11.1 Å². The second-order valence-electron chi connectivity index (χ2n) is 4.71. The van der Waals surface area contributed by atoms with Crippen molar-refractivity contribution in [3.63, 3.8) is 0 Å². The first-order chi connectivity index (χ1) is 10.5. The van der Waals surface area contributed by atoms with E-state index < -0.39 is 4.92 Å². The maximum atomic E-state index is 10.7. The second-order valence-corrected chi connectivity index (χ2v) is 4.71. The Hall–Kier alpha value is -2.95. The van der Waals surface area contributed by atoms with Crippen LogP contribution in [-0.2, 0) is 0 Å². The predicted molar refractivity (Wildman–Crippen MR) is 80.4 cm³/mol. The van der Waals surface area contributed by atoms with Crippen molar-refractivity contribution in [2.45, 2.75) is 6.92 Å². The summed E-state index contributed by atoms with van der Waals surface area (Å²) in [5, 5.41) is 15.1. The molecule has 0 aliphatic rings. The molecule has 0 bridgehead atoms. The highest BCUT2D eigenvalue weighted by atomic mass is 16.6. The van der Waals surface area contributed by atoms with Gasteiger partial charge in [0.05, 0.1) is 17.7 Å². The number of nitro groups is 1. The molecule has 104 valence electrons. The highest BCUT2D eigenvalue weighted by Crippen LogP contribution is 2.20. The summed E-state index contributed by atoms with van der Waals surface area (Å²) in [4.78, 5) is 10.2. The number of nitro benzene ring substituents is 1. The van der Waals surface area contributed by atoms with E-state index in [1.165, 1.54) is 16.8 Å². The number of aromatic nitrogens is 2. The van der Waals surface area contributed by atoms with Gasteiger partial charge in [0.15, 0.2) is 0 Å². The molecule has 21 heavy (non-hydrogen) atoms. The number of hydrogen-bond acceptors (Lipinski definition) is 3. The summed E-state index contributed by atoms with van der Waals surface area (Å²) in [5.41, 5.74) is 3.42. The SMILES string of the molecule is [2H]c1cc(-c2ccc(C)cc2)nn1-c1ccc([N+](=O)[O-])cc1. The van der Waals surface area contributed by atoms with Crippen molar-refractivity contribution in [2.24, 2.45) is 0 Å². The van der Waals surface area contributed by atoms with Crippen LogP contribution in [0.1, 0.15) is 6.93 Å². The van der Waals surface area contributed by atoms with Crippen molar-refractivity contribution in [2.75, 3.05) is 0 Å². The van der Waals surface area contributed by atoms with Gasteiger partial charge in [-0.05, 0) is 25.1 Å². The lowest BCUT2D eigenvalue weighted by atomic mass is 10.1. The van der Waals surface area contributed by atoms with Crippen LogP contribution in [0, 0.1) is 17.0 Å². The van der Waals surface area contributed by atoms with Gasteiger partial charge in [0.2, 0.25) is 0 Å². The zero-order valence-electron chi connectivity index (χ0n) is 12.4. The Morgan fingerprint density at radius 3 is 2.38 bits per heavy atom. The van der Waals surface area contributed by atoms with Crippen LogP contribution in [-0.4, -0.2) is 14.7 Å². The normalized spacial score (nSPS) is 11.2. The number of non-ortho nitro benzene ring substituents is 1. The van der Waals surface area contributed by atoms with Gasteiger partial charge in [-0.1, -0.05) is 29.8 Å². The van der Waals surface area contributed by atoms with Crippen LogP contribution >= 0.6 is 0 Å². The van der Waals surface area contributed by atoms with E-state index in [1.807, 2.05) is 31.2 Å². The minimum Gasteiger partial charge on any atom is -0.258 e. The number of hydrogen-bond donors (Lipinski definition) is 0. The molecule has 2 aromatic carbocycles. The largest absolute Gasteiger partial charge is 0.269 e. The Kier molecular flexibility index (Phi) is 2.93. The third kappa shape index (κ3) is 2.67. The molecule has 0 saturated carbocycles. The maximum Gasteiger partial charge on any atom is 0.269 e. The quantitative estimate of drug-likeness (QED) is 0.542. The minimum absolute atomic E-state index is 0.0150. The average molecular weight is 280 g/mol. The zero-order valence-corrected chi connectivity index (χ0v) is 11.4. The number of rotatable bonds is 3. The molecular formula is C16H13N3O2. The fraction of sp³-hybridized carbons (Fsp3) is 0.0625. The van der Waals surface area contributed by atoms with Crippen LogP contribution in [0.4, 0.5) is 5.69 Å². The molecule has 1 heterocycles. The first-order valence-corrected chi connectivity index (χ1v) is 6.43. The molecule has 0 unspecified atom stereocenters. The van der Waals surface area contributed by atoms with Gasteiger partial charge in [-0.3, -0.25) is 10.1 Å². The summed E-state index contributed by atoms with van der Waals surface area (Å²) in [6, 6.07) is 15.5. The van der Waals surface area contributed by atoms with E-state index in [1.54, 1.807) is 18.2 Å². The Morgan fingerprint density at radius 2 is 1.76 bits per heavy atom. The van der Waals surface area contributed by atoms with E-state index in [4.69, 9.17) is 1.37 Å². The van der Waals surface area contributed by atoms with Gasteiger partial charge in [0.1, 0.15) is 0 Å². The van der Waals surface area contributed by atoms with Gasteiger partial charge in [0, 0.05) is 23.9 Å². The summed E-state index contributed by atoms with van der Waals surface area (Å²) in [6.45, 7) is 2.01. The third-order valence-electron chi connectivity index (χ3n) is 3.18. The highest BCUT2D eigenvalue weighted by molar-refractivity contribution is 5.59. The molecule has 0 atom stereocenters. The summed E-state index contributed by atoms with van der Waals surface area (Å²) < 4.78 is 9.48. The topological polar surface area (TPSA) is 61.0 Å². The lowest BCUT2D eigenvalue weighted by Crippen LogP contribution is -1.95. The third-order valence-corrected chi connectivity index (χ3v) is 3.18. The van der Waals surface area contributed by atoms with Crippen molar-refractivity contribution in [3.8, 4) is 16.9 Å². The van der Waals surface area contributed by atoms with Crippen LogP contribution in [0.15, 0.2) is 60.8 Å². The molecule has 3 rings (SSSR count). The lowest BCUT2D eigenvalue weighted by Gasteiger charge is -2.01. The molecule has 0 N–H and O–H groups in total. The molecule has 0 fully saturated rings. The summed E-state index contributed by atoms with van der Waals surface area (Å²) >= 11 is 0. The fourth-order valence-corrected chi connectivity index (χ4v) is 2.00. The van der Waals surface area contributed by atoms with Gasteiger partial charge in [-0.15, -0.1) is 0 Å². The van der Waals surface area contributed by atoms with Crippen LogP contribution in [0.2, 0.25) is 0 Å². The van der Waals surface area contributed by atoms with Crippen LogP contribution in [0.3, 0.4) is 0 Å². The van der Waals surface area contributed by atoms with E-state index in [9.17, 15) is 10.1 Å². The monoisotopic (exact) mass is 280 g/mol. The molecule has 1 aromatic heterocycles. The Labute approximate surface area is 123 Å². The molecule has 0 amide bonds. The lowest BCUT2D eigenvalue weighted by molar-refractivity contribution is -0.384. The van der Waals surface area contributed by atoms with Gasteiger partial charge < -0.3 is 0 Å². The van der Waals surface area contributed by atoms with Crippen molar-refractivity contribution in [1.29, 1.82) is 0 Å². The molecule has 0 aliphatic heterocycles. The molecule has 0 spiro atoms. The van der Waals surface area contributed by atoms with E-state index in [-0.39, 0.29) is 11.9 Å². The van der Waals surface area contributed by atoms with E-state index in [2.05, 4.69) is 5.10 Å². The van der Waals surface area contributed by atoms with Crippen molar-refractivity contribution in [3.05, 3.63) is 76.4 Å². The molecular weight excluding hydrogens is 266 g/mol. The van der Waals surface area contributed by atoms with E-state index in [0.29, 0.717) is 11.4 Å². The van der Waals surface area contributed by atoms with Crippen molar-refractivity contribution in [1.82, 2.24) is 9.78 Å². The second kappa shape index (κ2) is 5.20. The smallest absolute Gasteiger partial charge is 0.258 e. The standard InChI is InChI=1S/C16H13N3O2/c1-12-2-4-13(5-3-12)16-10-11-18(17-16)14-6-8-15(9-7-14)19(20)21/h2-11H,1H3/i11D. The summed E-state index contributed by atoms with van der Waals surface area (Å²) in [7, 11) is 0. The predicted octanol–water partition coefficient (Wildman–Crippen LogP) is 3.76. The molecule has 0 radical (unpaired) electrons. The van der Waals surface area contributed by atoms with Gasteiger partial charge in [0.25, 0.3) is 5.69 Å². The molecule has 5 heteroatoms. The van der Waals surface area contributed by atoms with Crippen molar-refractivity contribution >= 4 is 5.69 Å². The Morgan fingerprint density at radius 1 is 1.10 bits per heavy atom. The van der Waals surface area contributed by atoms with Gasteiger partial charge >= 0.3 is 0 Å². The van der Waals surface area contributed by atoms with Crippen molar-refractivity contribution < 1.29 is 6.29 Å². The Balaban J connectivity index is 1.98. The summed E-state index contributed by atoms with van der Waals surface area (Å²) in [5.74, 6) is 0. The maximum absolute atomic E-state index is 10.7. The summed E-state index contributed by atoms with van der Waals surface area (Å²) in [6.07, 6.45) is 0.226. The van der Waals surface area contributed by atoms with Crippen LogP contribution < -0.4 is 0 Å². The first kappa shape index (κ1) is 11.8. The number of aryl methyl sites for hydroxylation is 1. The number of benzene rings is 2. The first-order valence-electron chi connectivity index (χ1n) is 6.93. The van der Waals surface area contributed by atoms with Crippen LogP contribution in [0.5, 0.6) is 0 Å².